The van der Waals surface area contributed by atoms with E-state index in [0.717, 1.165) is 13.0 Å². The molecule has 2 atom stereocenters. The Hall–Kier alpha value is -1.46. The van der Waals surface area contributed by atoms with Crippen LogP contribution < -0.4 is 5.32 Å². The number of hydrogen-bond donors (Lipinski definition) is 2. The standard InChI is InChI=1S/C15H21FN2O2/c1-11-6-7-18(9-14(11)19)10-15(20)17-8-12-4-2-3-5-13(12)16/h2-5,11,14,19H,6-10H2,1H3,(H,17,20). The van der Waals surface area contributed by atoms with E-state index in [-0.39, 0.29) is 36.8 Å². The molecule has 1 saturated heterocycles. The average Bonchev–Trinajstić information content (AvgIpc) is 2.42. The number of rotatable bonds is 4. The summed E-state index contributed by atoms with van der Waals surface area (Å²) in [6.07, 6.45) is 0.519. The highest BCUT2D eigenvalue weighted by Crippen LogP contribution is 2.16. The lowest BCUT2D eigenvalue weighted by atomic mass is 9.96. The van der Waals surface area contributed by atoms with Crippen molar-refractivity contribution in [1.29, 1.82) is 0 Å². The van der Waals surface area contributed by atoms with E-state index in [4.69, 9.17) is 0 Å². The summed E-state index contributed by atoms with van der Waals surface area (Å²) in [4.78, 5) is 13.8. The molecule has 1 aromatic rings. The minimum absolute atomic E-state index is 0.144. The van der Waals surface area contributed by atoms with Gasteiger partial charge in [-0.15, -0.1) is 0 Å². The van der Waals surface area contributed by atoms with Gasteiger partial charge in [0.2, 0.25) is 5.91 Å². The van der Waals surface area contributed by atoms with Gasteiger partial charge in [0.1, 0.15) is 5.82 Å². The third kappa shape index (κ3) is 4.02. The Morgan fingerprint density at radius 2 is 2.25 bits per heavy atom. The summed E-state index contributed by atoms with van der Waals surface area (Å²) in [6, 6.07) is 6.40. The van der Waals surface area contributed by atoms with Crippen LogP contribution in [-0.2, 0) is 11.3 Å². The molecule has 0 bridgehead atoms. The van der Waals surface area contributed by atoms with Crippen molar-refractivity contribution in [2.24, 2.45) is 5.92 Å². The number of carbonyl (C=O) groups is 1. The van der Waals surface area contributed by atoms with Crippen LogP contribution in [0.5, 0.6) is 0 Å². The summed E-state index contributed by atoms with van der Waals surface area (Å²) in [5, 5.41) is 12.5. The van der Waals surface area contributed by atoms with Gasteiger partial charge < -0.3 is 10.4 Å². The summed E-state index contributed by atoms with van der Waals surface area (Å²) in [5.41, 5.74) is 0.480. The van der Waals surface area contributed by atoms with Gasteiger partial charge in [-0.1, -0.05) is 25.1 Å². The number of aliphatic hydroxyl groups is 1. The van der Waals surface area contributed by atoms with Gasteiger partial charge in [0.25, 0.3) is 0 Å². The number of amides is 1. The molecule has 0 aromatic heterocycles. The number of nitrogens with one attached hydrogen (secondary N) is 1. The van der Waals surface area contributed by atoms with E-state index in [9.17, 15) is 14.3 Å². The smallest absolute Gasteiger partial charge is 0.234 e. The number of β-amino-alcohol motifs (C(OH)–C–C–N with tert-alkyl or cyclic N) is 1. The number of benzene rings is 1. The largest absolute Gasteiger partial charge is 0.392 e. The molecular formula is C15H21FN2O2. The summed E-state index contributed by atoms with van der Waals surface area (Å²) in [7, 11) is 0. The second kappa shape index (κ2) is 6.81. The maximum atomic E-state index is 13.4. The zero-order chi connectivity index (χ0) is 14.5. The molecule has 4 nitrogen and oxygen atoms in total. The van der Waals surface area contributed by atoms with E-state index < -0.39 is 0 Å². The average molecular weight is 280 g/mol. The number of halogens is 1. The van der Waals surface area contributed by atoms with Crippen LogP contribution in [0.2, 0.25) is 0 Å². The highest BCUT2D eigenvalue weighted by atomic mass is 19.1. The molecule has 2 rings (SSSR count). The Kier molecular flexibility index (Phi) is 5.09. The molecule has 1 amide bonds. The SMILES string of the molecule is CC1CCN(CC(=O)NCc2ccccc2F)CC1O. The fourth-order valence-electron chi connectivity index (χ4n) is 2.35. The second-order valence-corrected chi connectivity index (χ2v) is 5.44. The molecule has 0 spiro atoms. The highest BCUT2D eigenvalue weighted by Gasteiger charge is 2.25. The van der Waals surface area contributed by atoms with E-state index in [1.807, 2.05) is 11.8 Å². The van der Waals surface area contributed by atoms with E-state index in [2.05, 4.69) is 5.32 Å². The maximum Gasteiger partial charge on any atom is 0.234 e. The molecule has 1 fully saturated rings. The first-order valence-corrected chi connectivity index (χ1v) is 6.97. The Morgan fingerprint density at radius 3 is 2.95 bits per heavy atom. The van der Waals surface area contributed by atoms with Crippen molar-refractivity contribution in [1.82, 2.24) is 10.2 Å². The lowest BCUT2D eigenvalue weighted by Gasteiger charge is -2.33. The van der Waals surface area contributed by atoms with Crippen molar-refractivity contribution in [3.05, 3.63) is 35.6 Å². The topological polar surface area (TPSA) is 52.6 Å². The van der Waals surface area contributed by atoms with E-state index >= 15 is 0 Å². The molecule has 0 radical (unpaired) electrons. The van der Waals surface area contributed by atoms with Crippen molar-refractivity contribution in [3.63, 3.8) is 0 Å². The normalized spacial score (nSPS) is 23.6. The molecule has 1 heterocycles. The molecule has 1 aliphatic heterocycles. The Morgan fingerprint density at radius 1 is 1.50 bits per heavy atom. The summed E-state index contributed by atoms with van der Waals surface area (Å²) >= 11 is 0. The van der Waals surface area contributed by atoms with Gasteiger partial charge in [-0.3, -0.25) is 9.69 Å². The van der Waals surface area contributed by atoms with E-state index in [1.54, 1.807) is 18.2 Å². The lowest BCUT2D eigenvalue weighted by Crippen LogP contribution is -2.46. The van der Waals surface area contributed by atoms with Gasteiger partial charge in [0.15, 0.2) is 0 Å². The number of aliphatic hydroxyl groups excluding tert-OH is 1. The van der Waals surface area contributed by atoms with Crippen molar-refractivity contribution < 1.29 is 14.3 Å². The van der Waals surface area contributed by atoms with Crippen LogP contribution in [0.25, 0.3) is 0 Å². The number of nitrogens with zero attached hydrogens (tertiary/aromatic N) is 1. The molecular weight excluding hydrogens is 259 g/mol. The van der Waals surface area contributed by atoms with E-state index in [1.165, 1.54) is 6.07 Å². The van der Waals surface area contributed by atoms with Crippen LogP contribution in [-0.4, -0.2) is 41.7 Å². The van der Waals surface area contributed by atoms with Gasteiger partial charge in [0.05, 0.1) is 12.6 Å². The molecule has 2 N–H and O–H groups in total. The predicted molar refractivity (Wildman–Crippen MR) is 74.5 cm³/mol. The van der Waals surface area contributed by atoms with Crippen LogP contribution in [0.1, 0.15) is 18.9 Å². The van der Waals surface area contributed by atoms with Crippen molar-refractivity contribution in [2.45, 2.75) is 26.0 Å². The molecule has 0 aliphatic carbocycles. The van der Waals surface area contributed by atoms with Crippen LogP contribution in [0, 0.1) is 11.7 Å². The number of likely N-dealkylation sites (tertiary alicyclic amines) is 1. The van der Waals surface area contributed by atoms with Gasteiger partial charge in [-0.25, -0.2) is 4.39 Å². The van der Waals surface area contributed by atoms with Crippen LogP contribution in [0.15, 0.2) is 24.3 Å². The Balaban J connectivity index is 1.77. The fourth-order valence-corrected chi connectivity index (χ4v) is 2.35. The van der Waals surface area contributed by atoms with Crippen molar-refractivity contribution in [2.75, 3.05) is 19.6 Å². The van der Waals surface area contributed by atoms with Gasteiger partial charge >= 0.3 is 0 Å². The first-order valence-electron chi connectivity index (χ1n) is 6.97. The van der Waals surface area contributed by atoms with Crippen LogP contribution in [0.3, 0.4) is 0 Å². The van der Waals surface area contributed by atoms with Crippen molar-refractivity contribution >= 4 is 5.91 Å². The third-order valence-electron chi connectivity index (χ3n) is 3.80. The molecule has 2 unspecified atom stereocenters. The summed E-state index contributed by atoms with van der Waals surface area (Å²) in [5.74, 6) is -0.169. The molecule has 5 heteroatoms. The number of carbonyl (C=O) groups excluding carboxylic acids is 1. The highest BCUT2D eigenvalue weighted by molar-refractivity contribution is 5.78. The Labute approximate surface area is 118 Å². The minimum Gasteiger partial charge on any atom is -0.392 e. The van der Waals surface area contributed by atoms with Gasteiger partial charge in [-0.2, -0.15) is 0 Å². The summed E-state index contributed by atoms with van der Waals surface area (Å²) < 4.78 is 13.4. The summed E-state index contributed by atoms with van der Waals surface area (Å²) in [6.45, 7) is 3.79. The molecule has 1 aromatic carbocycles. The van der Waals surface area contributed by atoms with Gasteiger partial charge in [-0.05, 0) is 24.9 Å². The number of piperidine rings is 1. The fraction of sp³-hybridized carbons (Fsp3) is 0.533. The van der Waals surface area contributed by atoms with Gasteiger partial charge in [0, 0.05) is 18.7 Å². The Bertz CT molecular complexity index is 467. The predicted octanol–water partition coefficient (Wildman–Crippen LogP) is 1.14. The zero-order valence-electron chi connectivity index (χ0n) is 11.7. The first-order chi connectivity index (χ1) is 9.56. The lowest BCUT2D eigenvalue weighted by molar-refractivity contribution is -0.123. The van der Waals surface area contributed by atoms with Crippen LogP contribution in [0.4, 0.5) is 4.39 Å². The third-order valence-corrected chi connectivity index (χ3v) is 3.80. The second-order valence-electron chi connectivity index (χ2n) is 5.44. The van der Waals surface area contributed by atoms with Crippen molar-refractivity contribution in [3.8, 4) is 0 Å². The minimum atomic E-state index is -0.372. The monoisotopic (exact) mass is 280 g/mol. The number of hydrogen-bond acceptors (Lipinski definition) is 3. The molecule has 1 aliphatic rings. The van der Waals surface area contributed by atoms with Crippen LogP contribution >= 0.6 is 0 Å². The quantitative estimate of drug-likeness (QED) is 0.870. The van der Waals surface area contributed by atoms with E-state index in [0.29, 0.717) is 12.1 Å². The molecule has 20 heavy (non-hydrogen) atoms. The zero-order valence-corrected chi connectivity index (χ0v) is 11.7. The maximum absolute atomic E-state index is 13.4. The molecule has 0 saturated carbocycles. The molecule has 110 valence electrons. The first kappa shape index (κ1) is 14.9.